The molecule has 4 N–H and O–H groups in total. The Bertz CT molecular complexity index is 171. The summed E-state index contributed by atoms with van der Waals surface area (Å²) in [5, 5.41) is 0. The fraction of sp³-hybridized carbons (Fsp3) is 0.857. The number of hydrogen-bond donors (Lipinski definition) is 2. The molecule has 1 heterocycles. The minimum atomic E-state index is -0.356. The summed E-state index contributed by atoms with van der Waals surface area (Å²) in [5.74, 6) is 0. The van der Waals surface area contributed by atoms with E-state index in [0.717, 1.165) is 12.8 Å². The monoisotopic (exact) mass is 157 g/mol. The summed E-state index contributed by atoms with van der Waals surface area (Å²) in [6.07, 6.45) is 1.77. The minimum Gasteiger partial charge on any atom is -0.351 e. The van der Waals surface area contributed by atoms with Gasteiger partial charge in [-0.2, -0.15) is 0 Å². The van der Waals surface area contributed by atoms with Gasteiger partial charge in [0, 0.05) is 18.6 Å². The molecule has 11 heavy (non-hydrogen) atoms. The lowest BCUT2D eigenvalue weighted by molar-refractivity contribution is 0.215. The number of nitrogens with zero attached hydrogens (tertiary/aromatic N) is 1. The van der Waals surface area contributed by atoms with E-state index in [-0.39, 0.29) is 11.6 Å². The molecule has 0 radical (unpaired) electrons. The van der Waals surface area contributed by atoms with Gasteiger partial charge in [0.05, 0.1) is 0 Å². The third kappa shape index (κ3) is 1.63. The van der Waals surface area contributed by atoms with E-state index in [4.69, 9.17) is 11.5 Å². The number of rotatable bonds is 1. The van der Waals surface area contributed by atoms with Crippen LogP contribution in [0.5, 0.6) is 0 Å². The van der Waals surface area contributed by atoms with Crippen LogP contribution >= 0.6 is 0 Å². The van der Waals surface area contributed by atoms with E-state index in [9.17, 15) is 4.79 Å². The summed E-state index contributed by atoms with van der Waals surface area (Å²) in [5.41, 5.74) is 10.9. The van der Waals surface area contributed by atoms with Gasteiger partial charge >= 0.3 is 6.03 Å². The Hall–Kier alpha value is -0.770. The highest BCUT2D eigenvalue weighted by Crippen LogP contribution is 2.20. The van der Waals surface area contributed by atoms with Crippen LogP contribution in [0.15, 0.2) is 0 Å². The molecule has 0 aromatic carbocycles. The zero-order valence-corrected chi connectivity index (χ0v) is 6.84. The van der Waals surface area contributed by atoms with Crippen molar-refractivity contribution >= 4 is 6.03 Å². The van der Waals surface area contributed by atoms with Crippen molar-refractivity contribution in [3.8, 4) is 0 Å². The molecule has 64 valence electrons. The second-order valence-corrected chi connectivity index (χ2v) is 3.23. The van der Waals surface area contributed by atoms with Gasteiger partial charge in [-0.25, -0.2) is 4.79 Å². The molecule has 0 aromatic rings. The maximum absolute atomic E-state index is 10.7. The SMILES string of the molecule is CCC1(N)CCN(C(N)=O)C1. The molecule has 0 aliphatic carbocycles. The number of carbonyl (C=O) groups excluding carboxylic acids is 1. The fourth-order valence-electron chi connectivity index (χ4n) is 1.37. The van der Waals surface area contributed by atoms with Crippen molar-refractivity contribution in [2.24, 2.45) is 11.5 Å². The number of nitrogens with two attached hydrogens (primary N) is 2. The molecule has 4 heteroatoms. The Labute approximate surface area is 66.5 Å². The number of primary amides is 1. The van der Waals surface area contributed by atoms with Gasteiger partial charge in [0.1, 0.15) is 0 Å². The maximum Gasteiger partial charge on any atom is 0.314 e. The highest BCUT2D eigenvalue weighted by Gasteiger charge is 2.33. The van der Waals surface area contributed by atoms with E-state index in [1.54, 1.807) is 4.90 Å². The first-order valence-corrected chi connectivity index (χ1v) is 3.91. The van der Waals surface area contributed by atoms with Gasteiger partial charge < -0.3 is 16.4 Å². The van der Waals surface area contributed by atoms with Crippen LogP contribution in [0.4, 0.5) is 4.79 Å². The molecule has 1 unspecified atom stereocenters. The zero-order chi connectivity index (χ0) is 8.48. The summed E-state index contributed by atoms with van der Waals surface area (Å²) < 4.78 is 0. The molecule has 0 spiro atoms. The lowest BCUT2D eigenvalue weighted by Crippen LogP contribution is -2.44. The molecule has 0 saturated carbocycles. The molecule has 0 bridgehead atoms. The van der Waals surface area contributed by atoms with E-state index in [0.29, 0.717) is 13.1 Å². The largest absolute Gasteiger partial charge is 0.351 e. The van der Waals surface area contributed by atoms with Crippen molar-refractivity contribution in [2.75, 3.05) is 13.1 Å². The third-order valence-electron chi connectivity index (χ3n) is 2.40. The summed E-state index contributed by atoms with van der Waals surface area (Å²) in [4.78, 5) is 12.3. The summed E-state index contributed by atoms with van der Waals surface area (Å²) >= 11 is 0. The average Bonchev–Trinajstić information content (AvgIpc) is 2.33. The Morgan fingerprint density at radius 3 is 2.64 bits per heavy atom. The Balaban J connectivity index is 2.53. The molecular formula is C7H15N3O. The molecule has 1 rings (SSSR count). The quantitative estimate of drug-likeness (QED) is 0.557. The normalized spacial score (nSPS) is 30.9. The van der Waals surface area contributed by atoms with Crippen molar-refractivity contribution in [2.45, 2.75) is 25.3 Å². The number of urea groups is 1. The topological polar surface area (TPSA) is 72.3 Å². The van der Waals surface area contributed by atoms with Crippen LogP contribution < -0.4 is 11.5 Å². The van der Waals surface area contributed by atoms with Gasteiger partial charge in [-0.15, -0.1) is 0 Å². The van der Waals surface area contributed by atoms with Crippen molar-refractivity contribution in [1.82, 2.24) is 4.90 Å². The maximum atomic E-state index is 10.7. The van der Waals surface area contributed by atoms with Gasteiger partial charge in [0.25, 0.3) is 0 Å². The standard InChI is InChI=1S/C7H15N3O/c1-2-7(9)3-4-10(5-7)6(8)11/h2-5,9H2,1H3,(H2,8,11). The lowest BCUT2D eigenvalue weighted by Gasteiger charge is -2.21. The van der Waals surface area contributed by atoms with Crippen LogP contribution in [0, 0.1) is 0 Å². The zero-order valence-electron chi connectivity index (χ0n) is 6.84. The summed E-state index contributed by atoms with van der Waals surface area (Å²) in [6.45, 7) is 3.35. The highest BCUT2D eigenvalue weighted by molar-refractivity contribution is 5.72. The average molecular weight is 157 g/mol. The first-order chi connectivity index (χ1) is 5.07. The molecule has 1 fully saturated rings. The Morgan fingerprint density at radius 2 is 2.36 bits per heavy atom. The molecule has 0 aromatic heterocycles. The fourth-order valence-corrected chi connectivity index (χ4v) is 1.37. The number of carbonyl (C=O) groups is 1. The van der Waals surface area contributed by atoms with Crippen molar-refractivity contribution in [3.05, 3.63) is 0 Å². The predicted molar refractivity (Wildman–Crippen MR) is 43.0 cm³/mol. The van der Waals surface area contributed by atoms with Crippen LogP contribution in [-0.4, -0.2) is 29.6 Å². The number of hydrogen-bond acceptors (Lipinski definition) is 2. The third-order valence-corrected chi connectivity index (χ3v) is 2.40. The second-order valence-electron chi connectivity index (χ2n) is 3.23. The van der Waals surface area contributed by atoms with Crippen molar-refractivity contribution < 1.29 is 4.79 Å². The molecule has 1 aliphatic heterocycles. The van der Waals surface area contributed by atoms with E-state index in [1.807, 2.05) is 6.92 Å². The van der Waals surface area contributed by atoms with E-state index >= 15 is 0 Å². The molecule has 1 saturated heterocycles. The van der Waals surface area contributed by atoms with Crippen LogP contribution in [0.2, 0.25) is 0 Å². The first kappa shape index (κ1) is 8.33. The van der Waals surface area contributed by atoms with Crippen LogP contribution in [0.3, 0.4) is 0 Å². The molecule has 4 nitrogen and oxygen atoms in total. The molecule has 2 amide bonds. The van der Waals surface area contributed by atoms with Crippen molar-refractivity contribution in [1.29, 1.82) is 0 Å². The van der Waals surface area contributed by atoms with Crippen LogP contribution in [0.25, 0.3) is 0 Å². The molecule has 1 atom stereocenters. The van der Waals surface area contributed by atoms with Gasteiger partial charge in [0.2, 0.25) is 0 Å². The van der Waals surface area contributed by atoms with Gasteiger partial charge in [-0.3, -0.25) is 0 Å². The highest BCUT2D eigenvalue weighted by atomic mass is 16.2. The summed E-state index contributed by atoms with van der Waals surface area (Å²) in [7, 11) is 0. The Kier molecular flexibility index (Phi) is 2.04. The smallest absolute Gasteiger partial charge is 0.314 e. The number of likely N-dealkylation sites (tertiary alicyclic amines) is 1. The predicted octanol–water partition coefficient (Wildman–Crippen LogP) is -0.122. The van der Waals surface area contributed by atoms with Gasteiger partial charge in [-0.05, 0) is 12.8 Å². The molecular weight excluding hydrogens is 142 g/mol. The van der Waals surface area contributed by atoms with Gasteiger partial charge in [0.15, 0.2) is 0 Å². The number of amides is 2. The van der Waals surface area contributed by atoms with Crippen LogP contribution in [-0.2, 0) is 0 Å². The van der Waals surface area contributed by atoms with E-state index in [1.165, 1.54) is 0 Å². The molecule has 1 aliphatic rings. The minimum absolute atomic E-state index is 0.185. The summed E-state index contributed by atoms with van der Waals surface area (Å²) in [6, 6.07) is -0.356. The van der Waals surface area contributed by atoms with E-state index < -0.39 is 0 Å². The second kappa shape index (κ2) is 2.70. The van der Waals surface area contributed by atoms with Crippen LogP contribution in [0.1, 0.15) is 19.8 Å². The van der Waals surface area contributed by atoms with Gasteiger partial charge in [-0.1, -0.05) is 6.92 Å². The lowest BCUT2D eigenvalue weighted by atomic mass is 9.97. The Morgan fingerprint density at radius 1 is 1.73 bits per heavy atom. The first-order valence-electron chi connectivity index (χ1n) is 3.91. The van der Waals surface area contributed by atoms with Crippen molar-refractivity contribution in [3.63, 3.8) is 0 Å². The van der Waals surface area contributed by atoms with E-state index in [2.05, 4.69) is 0 Å².